The lowest BCUT2D eigenvalue weighted by atomic mass is 9.91. The van der Waals surface area contributed by atoms with E-state index in [1.807, 2.05) is 38.1 Å². The van der Waals surface area contributed by atoms with Gasteiger partial charge in [-0.05, 0) is 112 Å². The first kappa shape index (κ1) is 43.3. The average molecular weight is 848 g/mol. The quantitative estimate of drug-likeness (QED) is 0.137. The van der Waals surface area contributed by atoms with Crippen LogP contribution < -0.4 is 15.4 Å². The largest absolute Gasteiger partial charge is 0.438 e. The Balaban J connectivity index is 0.932. The molecule has 1 aliphatic carbocycles. The number of halogens is 1. The number of aliphatic hydroxyl groups is 1. The van der Waals surface area contributed by atoms with Gasteiger partial charge in [-0.3, -0.25) is 24.3 Å². The van der Waals surface area contributed by atoms with Crippen LogP contribution in [0.15, 0.2) is 66.9 Å². The minimum absolute atomic E-state index is 0.0103. The number of morpholine rings is 1. The molecule has 15 heteroatoms. The SMILES string of the molecule is Cc1cc(C)n2nc(C(=O)N[C@H]3CC[C@@H](NC(=O)c4cc(F)cnc4Oc4cccc(-c5ccc(CN6CCCN(CCO)CC6)cc5CN5CCOC[C@@H]5C)c4)CC3)cc2n1. The lowest BCUT2D eigenvalue weighted by Gasteiger charge is -2.34. The molecule has 0 spiro atoms. The number of pyridine rings is 1. The van der Waals surface area contributed by atoms with Crippen molar-refractivity contribution >= 4 is 17.5 Å². The monoisotopic (exact) mass is 847 g/mol. The predicted octanol–water partition coefficient (Wildman–Crippen LogP) is 5.53. The van der Waals surface area contributed by atoms with Crippen LogP contribution in [0.2, 0.25) is 0 Å². The normalized spacial score (nSPS) is 20.5. The Hall–Kier alpha value is -5.32. The third-order valence-corrected chi connectivity index (χ3v) is 12.3. The van der Waals surface area contributed by atoms with Crippen LogP contribution in [0.25, 0.3) is 16.8 Å². The number of rotatable bonds is 13. The summed E-state index contributed by atoms with van der Waals surface area (Å²) in [4.78, 5) is 42.8. The molecule has 0 radical (unpaired) electrons. The van der Waals surface area contributed by atoms with Crippen molar-refractivity contribution in [3.63, 3.8) is 0 Å². The number of nitrogens with one attached hydrogen (secondary N) is 2. The van der Waals surface area contributed by atoms with Crippen molar-refractivity contribution in [2.75, 3.05) is 59.1 Å². The lowest BCUT2D eigenvalue weighted by Crippen LogP contribution is -2.44. The van der Waals surface area contributed by atoms with Crippen LogP contribution in [0.5, 0.6) is 11.6 Å². The Bertz CT molecular complexity index is 2370. The van der Waals surface area contributed by atoms with Gasteiger partial charge in [-0.2, -0.15) is 5.10 Å². The van der Waals surface area contributed by atoms with Crippen LogP contribution in [0.1, 0.15) is 82.4 Å². The number of fused-ring (bicyclic) bond motifs is 1. The Morgan fingerprint density at radius 1 is 0.903 bits per heavy atom. The smallest absolute Gasteiger partial charge is 0.272 e. The van der Waals surface area contributed by atoms with Gasteiger partial charge in [0.2, 0.25) is 5.88 Å². The summed E-state index contributed by atoms with van der Waals surface area (Å²) in [6.45, 7) is 14.7. The number of nitrogens with zero attached hydrogens (tertiary/aromatic N) is 7. The molecule has 2 amide bonds. The van der Waals surface area contributed by atoms with Crippen molar-refractivity contribution in [1.29, 1.82) is 0 Å². The molecular weight excluding hydrogens is 790 g/mol. The van der Waals surface area contributed by atoms with Crippen molar-refractivity contribution in [2.24, 2.45) is 0 Å². The zero-order chi connectivity index (χ0) is 43.2. The van der Waals surface area contributed by atoms with Crippen molar-refractivity contribution in [3.8, 4) is 22.8 Å². The van der Waals surface area contributed by atoms with E-state index in [9.17, 15) is 19.1 Å². The second-order valence-electron chi connectivity index (χ2n) is 17.1. The third-order valence-electron chi connectivity index (χ3n) is 12.3. The van der Waals surface area contributed by atoms with Gasteiger partial charge in [0, 0.05) is 74.8 Å². The Kier molecular flexibility index (Phi) is 13.8. The van der Waals surface area contributed by atoms with Crippen LogP contribution >= 0.6 is 0 Å². The van der Waals surface area contributed by atoms with Gasteiger partial charge < -0.3 is 25.2 Å². The van der Waals surface area contributed by atoms with Crippen molar-refractivity contribution in [3.05, 3.63) is 106 Å². The molecule has 5 aromatic rings. The highest BCUT2D eigenvalue weighted by molar-refractivity contribution is 5.96. The number of carbonyl (C=O) groups is 2. The molecule has 328 valence electrons. The van der Waals surface area contributed by atoms with Crippen LogP contribution in [0.3, 0.4) is 0 Å². The molecule has 2 saturated heterocycles. The third kappa shape index (κ3) is 10.6. The molecule has 3 fully saturated rings. The van der Waals surface area contributed by atoms with E-state index in [1.165, 1.54) is 11.1 Å². The predicted molar refractivity (Wildman–Crippen MR) is 234 cm³/mol. The lowest BCUT2D eigenvalue weighted by molar-refractivity contribution is -0.00431. The van der Waals surface area contributed by atoms with Gasteiger partial charge in [0.05, 0.1) is 26.0 Å². The molecule has 1 saturated carbocycles. The van der Waals surface area contributed by atoms with Gasteiger partial charge >= 0.3 is 0 Å². The summed E-state index contributed by atoms with van der Waals surface area (Å²) in [7, 11) is 0. The van der Waals surface area contributed by atoms with E-state index < -0.39 is 11.7 Å². The molecule has 3 N–H and O–H groups in total. The van der Waals surface area contributed by atoms with Crippen molar-refractivity contribution < 1.29 is 28.6 Å². The number of aryl methyl sites for hydroxylation is 2. The standard InChI is InChI=1S/C47H58FN9O5/c1-31-22-32(2)57-44(50-31)26-43(53-57)46(60)52-39-11-9-38(10-12-39)51-45(59)42-25-37(48)27-49-47(42)62-40-7-4-6-35(24-40)41-13-8-34(23-36(41)29-56-19-21-61-30-33(56)3)28-55-15-5-14-54(16-17-55)18-20-58/h4,6-8,13,22-27,33,38-39,58H,5,9-12,14-21,28-30H2,1-3H3,(H,51,59)(H,52,60)/t33-,38-,39+/m0/s1. The van der Waals surface area contributed by atoms with E-state index in [4.69, 9.17) is 9.47 Å². The number of aliphatic hydroxyl groups excluding tert-OH is 1. The van der Waals surface area contributed by atoms with E-state index >= 15 is 0 Å². The van der Waals surface area contributed by atoms with Gasteiger partial charge in [0.1, 0.15) is 17.1 Å². The first-order valence-electron chi connectivity index (χ1n) is 22.0. The summed E-state index contributed by atoms with van der Waals surface area (Å²) in [5, 5.41) is 20.1. The maximum absolute atomic E-state index is 14.7. The highest BCUT2D eigenvalue weighted by atomic mass is 19.1. The summed E-state index contributed by atoms with van der Waals surface area (Å²) < 4.78 is 28.4. The van der Waals surface area contributed by atoms with Crippen molar-refractivity contribution in [1.82, 2.24) is 44.9 Å². The molecular formula is C47H58FN9O5. The zero-order valence-electron chi connectivity index (χ0n) is 36.0. The van der Waals surface area contributed by atoms with Crippen molar-refractivity contribution in [2.45, 2.75) is 84.1 Å². The number of benzene rings is 2. The minimum atomic E-state index is -0.639. The summed E-state index contributed by atoms with van der Waals surface area (Å²) >= 11 is 0. The minimum Gasteiger partial charge on any atom is -0.438 e. The van der Waals surface area contributed by atoms with Gasteiger partial charge in [-0.15, -0.1) is 0 Å². The Morgan fingerprint density at radius 3 is 2.47 bits per heavy atom. The molecule has 3 aromatic heterocycles. The summed E-state index contributed by atoms with van der Waals surface area (Å²) in [5.41, 5.74) is 7.21. The van der Waals surface area contributed by atoms with E-state index in [0.29, 0.717) is 62.5 Å². The van der Waals surface area contributed by atoms with Crippen LogP contribution in [-0.2, 0) is 17.8 Å². The number of hydrogen-bond acceptors (Lipinski definition) is 11. The van der Waals surface area contributed by atoms with E-state index in [0.717, 1.165) is 87.0 Å². The van der Waals surface area contributed by atoms with Gasteiger partial charge in [0.15, 0.2) is 11.3 Å². The molecule has 3 aliphatic rings. The molecule has 0 unspecified atom stereocenters. The van der Waals surface area contributed by atoms with Crippen LogP contribution in [0.4, 0.5) is 4.39 Å². The van der Waals surface area contributed by atoms with E-state index in [1.54, 1.807) is 10.6 Å². The first-order chi connectivity index (χ1) is 30.1. The fourth-order valence-electron chi connectivity index (χ4n) is 8.99. The Labute approximate surface area is 362 Å². The fourth-order valence-corrected chi connectivity index (χ4v) is 8.99. The average Bonchev–Trinajstić information content (AvgIpc) is 3.58. The number of aromatic nitrogens is 4. The number of β-amino-alcohol motifs (C(OH)–C–C–N with tert-alkyl or cyclic N) is 1. The number of amides is 2. The van der Waals surface area contributed by atoms with E-state index in [-0.39, 0.29) is 42.1 Å². The molecule has 8 rings (SSSR count). The number of carbonyl (C=O) groups excluding carboxylic acids is 2. The summed E-state index contributed by atoms with van der Waals surface area (Å²) in [5.74, 6) is -0.874. The summed E-state index contributed by atoms with van der Waals surface area (Å²) in [6, 6.07) is 19.3. The molecule has 1 atom stereocenters. The summed E-state index contributed by atoms with van der Waals surface area (Å²) in [6.07, 6.45) is 4.71. The molecule has 62 heavy (non-hydrogen) atoms. The maximum Gasteiger partial charge on any atom is 0.272 e. The highest BCUT2D eigenvalue weighted by Crippen LogP contribution is 2.33. The Morgan fingerprint density at radius 2 is 1.68 bits per heavy atom. The zero-order valence-corrected chi connectivity index (χ0v) is 36.0. The molecule has 14 nitrogen and oxygen atoms in total. The van der Waals surface area contributed by atoms with Crippen LogP contribution in [-0.4, -0.2) is 128 Å². The topological polar surface area (TPSA) is 150 Å². The second kappa shape index (κ2) is 19.8. The fraction of sp³-hybridized carbons (Fsp3) is 0.468. The number of hydrogen-bond donors (Lipinski definition) is 3. The van der Waals surface area contributed by atoms with E-state index in [2.05, 4.69) is 71.6 Å². The molecule has 5 heterocycles. The van der Waals surface area contributed by atoms with Gasteiger partial charge in [0.25, 0.3) is 11.8 Å². The first-order valence-corrected chi connectivity index (χ1v) is 22.0. The van der Waals surface area contributed by atoms with Gasteiger partial charge in [-0.1, -0.05) is 30.3 Å². The second-order valence-corrected chi connectivity index (χ2v) is 17.1. The van der Waals surface area contributed by atoms with Gasteiger partial charge in [-0.25, -0.2) is 18.9 Å². The number of ether oxygens (including phenoxy) is 2. The molecule has 0 bridgehead atoms. The molecule has 2 aliphatic heterocycles. The van der Waals surface area contributed by atoms with Crippen LogP contribution in [0, 0.1) is 19.7 Å². The maximum atomic E-state index is 14.7. The molecule has 2 aromatic carbocycles. The highest BCUT2D eigenvalue weighted by Gasteiger charge is 2.27.